The van der Waals surface area contributed by atoms with E-state index in [4.69, 9.17) is 46.2 Å². The molecule has 11 heteroatoms. The first kappa shape index (κ1) is 33.3. The van der Waals surface area contributed by atoms with E-state index in [2.05, 4.69) is 0 Å². The third kappa shape index (κ3) is 14.3. The average molecular weight is 603 g/mol. The summed E-state index contributed by atoms with van der Waals surface area (Å²) >= 11 is 10.9. The predicted octanol–water partition coefficient (Wildman–Crippen LogP) is 8.20. The molecule has 0 amide bonds. The summed E-state index contributed by atoms with van der Waals surface area (Å²) < 4.78 is 40.3. The first-order valence-corrected chi connectivity index (χ1v) is 15.4. The Morgan fingerprint density at radius 1 is 0.590 bits per heavy atom. The molecule has 0 heterocycles. The summed E-state index contributed by atoms with van der Waals surface area (Å²) in [7, 11) is -3.56. The third-order valence-corrected chi connectivity index (χ3v) is 7.57. The summed E-state index contributed by atoms with van der Waals surface area (Å²) in [6.07, 6.45) is 6.85. The largest absolute Gasteiger partial charge is 0.494 e. The molecule has 0 aliphatic rings. The minimum atomic E-state index is -3.56. The lowest BCUT2D eigenvalue weighted by atomic mass is 10.2. The Hall–Kier alpha value is -1.93. The fourth-order valence-corrected chi connectivity index (χ4v) is 4.98. The smallest absolute Gasteiger partial charge is 0.474 e. The van der Waals surface area contributed by atoms with Crippen molar-refractivity contribution in [3.05, 3.63) is 59.7 Å². The van der Waals surface area contributed by atoms with E-state index in [0.717, 1.165) is 51.4 Å². The molecule has 0 bridgehead atoms. The summed E-state index contributed by atoms with van der Waals surface area (Å²) in [4.78, 5) is 22.2. The molecule has 2 aromatic rings. The van der Waals surface area contributed by atoms with E-state index >= 15 is 0 Å². The molecule has 216 valence electrons. The SMILES string of the molecule is CCOP(=O)(OCCCCCCOc1ccc(C(=O)Cl)cc1)OCCCCCCOc1ccc(C(=O)Cl)cc1. The van der Waals surface area contributed by atoms with Crippen LogP contribution in [0, 0.1) is 0 Å². The molecule has 2 aromatic carbocycles. The summed E-state index contributed by atoms with van der Waals surface area (Å²) in [6, 6.07) is 13.4. The highest BCUT2D eigenvalue weighted by Gasteiger charge is 2.25. The molecule has 0 aromatic heterocycles. The first-order chi connectivity index (χ1) is 18.8. The maximum Gasteiger partial charge on any atom is 0.474 e. The van der Waals surface area contributed by atoms with Gasteiger partial charge in [-0.05, 0) is 117 Å². The topological polar surface area (TPSA) is 97.4 Å². The maximum atomic E-state index is 12.8. The van der Waals surface area contributed by atoms with E-state index in [1.54, 1.807) is 55.5 Å². The molecule has 0 fully saturated rings. The number of carbonyl (C=O) groups excluding carboxylic acids is 2. The summed E-state index contributed by atoms with van der Waals surface area (Å²) in [6.45, 7) is 3.71. The summed E-state index contributed by atoms with van der Waals surface area (Å²) in [5.74, 6) is 1.38. The molecule has 0 aliphatic carbocycles. The highest BCUT2D eigenvalue weighted by Crippen LogP contribution is 2.49. The van der Waals surface area contributed by atoms with Crippen LogP contribution in [-0.2, 0) is 18.1 Å². The van der Waals surface area contributed by atoms with Gasteiger partial charge in [0, 0.05) is 11.1 Å². The Labute approximate surface area is 240 Å². The Balaban J connectivity index is 1.48. The first-order valence-electron chi connectivity index (χ1n) is 13.2. The van der Waals surface area contributed by atoms with Crippen LogP contribution in [0.15, 0.2) is 48.5 Å². The molecule has 0 saturated heterocycles. The summed E-state index contributed by atoms with van der Waals surface area (Å²) in [5.41, 5.74) is 0.872. The van der Waals surface area contributed by atoms with E-state index in [0.29, 0.717) is 49.1 Å². The molecule has 8 nitrogen and oxygen atoms in total. The highest BCUT2D eigenvalue weighted by atomic mass is 35.5. The van der Waals surface area contributed by atoms with Gasteiger partial charge in [-0.15, -0.1) is 0 Å². The quantitative estimate of drug-likeness (QED) is 0.0755. The van der Waals surface area contributed by atoms with Crippen molar-refractivity contribution in [2.75, 3.05) is 33.0 Å². The highest BCUT2D eigenvalue weighted by molar-refractivity contribution is 7.48. The number of hydrogen-bond donors (Lipinski definition) is 0. The second-order valence-corrected chi connectivity index (χ2v) is 11.0. The normalized spacial score (nSPS) is 11.4. The van der Waals surface area contributed by atoms with Crippen LogP contribution in [0.1, 0.15) is 79.0 Å². The van der Waals surface area contributed by atoms with Crippen molar-refractivity contribution in [2.24, 2.45) is 0 Å². The van der Waals surface area contributed by atoms with Crippen LogP contribution in [0.25, 0.3) is 0 Å². The van der Waals surface area contributed by atoms with Gasteiger partial charge in [0.05, 0.1) is 33.0 Å². The molecule has 0 aliphatic heterocycles. The van der Waals surface area contributed by atoms with E-state index in [1.165, 1.54) is 0 Å². The van der Waals surface area contributed by atoms with Crippen molar-refractivity contribution in [3.8, 4) is 11.5 Å². The molecule has 0 spiro atoms. The fourth-order valence-electron chi connectivity index (χ4n) is 3.48. The summed E-state index contributed by atoms with van der Waals surface area (Å²) in [5, 5.41) is -0.984. The van der Waals surface area contributed by atoms with E-state index in [9.17, 15) is 14.2 Å². The standard InChI is InChI=1S/C28H37Cl2O8P/c1-2-36-39(33,37-21-9-5-3-7-19-34-25-15-11-23(12-16-25)27(29)31)38-22-10-6-4-8-20-35-26-17-13-24(14-18-26)28(30)32/h11-18H,2-10,19-22H2,1H3. The van der Waals surface area contributed by atoms with Crippen LogP contribution in [-0.4, -0.2) is 43.5 Å². The lowest BCUT2D eigenvalue weighted by molar-refractivity contribution is 0.107. The predicted molar refractivity (Wildman–Crippen MR) is 152 cm³/mol. The number of ether oxygens (including phenoxy) is 2. The second-order valence-electron chi connectivity index (χ2n) is 8.65. The van der Waals surface area contributed by atoms with Crippen molar-refractivity contribution in [1.29, 1.82) is 0 Å². The zero-order valence-corrected chi connectivity index (χ0v) is 24.7. The van der Waals surface area contributed by atoms with Gasteiger partial charge in [0.2, 0.25) is 0 Å². The maximum absolute atomic E-state index is 12.8. The van der Waals surface area contributed by atoms with Crippen LogP contribution >= 0.6 is 31.0 Å². The van der Waals surface area contributed by atoms with Gasteiger partial charge < -0.3 is 9.47 Å². The van der Waals surface area contributed by atoms with Crippen LogP contribution in [0.5, 0.6) is 11.5 Å². The van der Waals surface area contributed by atoms with Crippen molar-refractivity contribution >= 4 is 41.5 Å². The van der Waals surface area contributed by atoms with Gasteiger partial charge in [-0.25, -0.2) is 4.57 Å². The minimum Gasteiger partial charge on any atom is -0.494 e. The van der Waals surface area contributed by atoms with Gasteiger partial charge in [0.25, 0.3) is 10.5 Å². The zero-order valence-electron chi connectivity index (χ0n) is 22.3. The van der Waals surface area contributed by atoms with E-state index in [-0.39, 0.29) is 6.61 Å². The molecule has 2 rings (SSSR count). The molecule has 39 heavy (non-hydrogen) atoms. The zero-order chi connectivity index (χ0) is 28.3. The third-order valence-electron chi connectivity index (χ3n) is 5.56. The van der Waals surface area contributed by atoms with Crippen molar-refractivity contribution in [1.82, 2.24) is 0 Å². The molecule has 0 atom stereocenters. The molecule has 0 N–H and O–H groups in total. The molecule has 0 radical (unpaired) electrons. The number of benzene rings is 2. The Kier molecular flexibility index (Phi) is 16.4. The number of phosphoric ester groups is 1. The van der Waals surface area contributed by atoms with Gasteiger partial charge in [0.15, 0.2) is 0 Å². The minimum absolute atomic E-state index is 0.242. The number of halogens is 2. The number of rotatable bonds is 22. The van der Waals surface area contributed by atoms with Crippen LogP contribution in [0.2, 0.25) is 0 Å². The Morgan fingerprint density at radius 2 is 0.949 bits per heavy atom. The molecular weight excluding hydrogens is 566 g/mol. The van der Waals surface area contributed by atoms with Crippen LogP contribution in [0.3, 0.4) is 0 Å². The van der Waals surface area contributed by atoms with Crippen molar-refractivity contribution in [2.45, 2.75) is 58.3 Å². The molecular formula is C28H37Cl2O8P. The van der Waals surface area contributed by atoms with Gasteiger partial charge in [0.1, 0.15) is 11.5 Å². The van der Waals surface area contributed by atoms with Crippen molar-refractivity contribution in [3.63, 3.8) is 0 Å². The Morgan fingerprint density at radius 3 is 1.28 bits per heavy atom. The number of hydrogen-bond acceptors (Lipinski definition) is 8. The van der Waals surface area contributed by atoms with Crippen molar-refractivity contribution < 1.29 is 37.2 Å². The van der Waals surface area contributed by atoms with E-state index in [1.807, 2.05) is 0 Å². The molecule has 0 unspecified atom stereocenters. The van der Waals surface area contributed by atoms with E-state index < -0.39 is 18.3 Å². The lowest BCUT2D eigenvalue weighted by Crippen LogP contribution is -2.04. The number of phosphoric acid groups is 1. The number of unbranched alkanes of at least 4 members (excludes halogenated alkanes) is 6. The number of carbonyl (C=O) groups is 2. The van der Waals surface area contributed by atoms with Gasteiger partial charge in [-0.2, -0.15) is 0 Å². The monoisotopic (exact) mass is 602 g/mol. The lowest BCUT2D eigenvalue weighted by Gasteiger charge is -2.17. The van der Waals surface area contributed by atoms with Crippen LogP contribution in [0.4, 0.5) is 0 Å². The molecule has 0 saturated carbocycles. The van der Waals surface area contributed by atoms with Gasteiger partial charge in [-0.3, -0.25) is 23.2 Å². The van der Waals surface area contributed by atoms with Crippen LogP contribution < -0.4 is 9.47 Å². The second kappa shape index (κ2) is 19.2. The average Bonchev–Trinajstić information content (AvgIpc) is 2.92. The Bertz CT molecular complexity index is 953. The van der Waals surface area contributed by atoms with Gasteiger partial charge in [-0.1, -0.05) is 12.8 Å². The van der Waals surface area contributed by atoms with Gasteiger partial charge >= 0.3 is 7.82 Å². The fraction of sp³-hybridized carbons (Fsp3) is 0.500.